The lowest BCUT2D eigenvalue weighted by Gasteiger charge is -2.09. The van der Waals surface area contributed by atoms with Crippen LogP contribution >= 0.6 is 0 Å². The van der Waals surface area contributed by atoms with Gasteiger partial charge in [-0.2, -0.15) is 4.98 Å². The maximum absolute atomic E-state index is 14.7. The molecule has 2 aromatic carbocycles. The number of benzene rings is 2. The number of hydrogen-bond donors (Lipinski definition) is 3. The number of halogens is 1. The van der Waals surface area contributed by atoms with Gasteiger partial charge in [-0.1, -0.05) is 0 Å². The third-order valence-electron chi connectivity index (χ3n) is 4.20. The molecule has 0 aliphatic rings. The maximum atomic E-state index is 14.7. The summed E-state index contributed by atoms with van der Waals surface area (Å²) in [7, 11) is 0. The second-order valence-corrected chi connectivity index (χ2v) is 6.34. The molecule has 6 nitrogen and oxygen atoms in total. The van der Waals surface area contributed by atoms with E-state index in [1.807, 2.05) is 38.1 Å². The van der Waals surface area contributed by atoms with Gasteiger partial charge in [0.2, 0.25) is 11.8 Å². The van der Waals surface area contributed by atoms with Crippen molar-refractivity contribution in [2.75, 3.05) is 17.2 Å². The summed E-state index contributed by atoms with van der Waals surface area (Å²) < 4.78 is 20.4. The monoisotopic (exact) mass is 377 g/mol. The normalized spacial score (nSPS) is 10.8. The Kier molecular flexibility index (Phi) is 4.80. The van der Waals surface area contributed by atoms with E-state index in [0.717, 1.165) is 29.1 Å². The van der Waals surface area contributed by atoms with Crippen molar-refractivity contribution in [3.63, 3.8) is 0 Å². The first kappa shape index (κ1) is 17.8. The van der Waals surface area contributed by atoms with Gasteiger partial charge >= 0.3 is 0 Å². The molecule has 4 rings (SSSR count). The number of aryl methyl sites for hydroxylation is 1. The molecule has 2 aromatic heterocycles. The van der Waals surface area contributed by atoms with E-state index in [9.17, 15) is 4.39 Å². The summed E-state index contributed by atoms with van der Waals surface area (Å²) >= 11 is 0. The Bertz CT molecular complexity index is 1110. The maximum Gasteiger partial charge on any atom is 0.230 e. The number of H-pyrrole nitrogens is 1. The molecule has 0 saturated carbocycles. The summed E-state index contributed by atoms with van der Waals surface area (Å²) in [5, 5.41) is 6.84. The van der Waals surface area contributed by atoms with E-state index in [2.05, 4.69) is 25.6 Å². The highest BCUT2D eigenvalue weighted by Crippen LogP contribution is 2.30. The van der Waals surface area contributed by atoms with Crippen molar-refractivity contribution in [3.8, 4) is 11.6 Å². The van der Waals surface area contributed by atoms with Crippen LogP contribution in [0, 0.1) is 12.7 Å². The van der Waals surface area contributed by atoms with E-state index >= 15 is 0 Å². The number of nitrogens with zero attached hydrogens (tertiary/aromatic N) is 2. The largest absolute Gasteiger partial charge is 0.436 e. The fraction of sp³-hybridized carbons (Fsp3) is 0.143. The van der Waals surface area contributed by atoms with Crippen LogP contribution < -0.4 is 15.4 Å². The molecule has 28 heavy (non-hydrogen) atoms. The van der Waals surface area contributed by atoms with Crippen LogP contribution in [0.2, 0.25) is 0 Å². The Morgan fingerprint density at radius 1 is 1.07 bits per heavy atom. The summed E-state index contributed by atoms with van der Waals surface area (Å²) in [5.74, 6) is 0.320. The van der Waals surface area contributed by atoms with Crippen molar-refractivity contribution in [1.82, 2.24) is 15.0 Å². The summed E-state index contributed by atoms with van der Waals surface area (Å²) in [6, 6.07) is 14.5. The lowest BCUT2D eigenvalue weighted by atomic mass is 10.2. The zero-order valence-corrected chi connectivity index (χ0v) is 15.6. The molecule has 142 valence electrons. The highest BCUT2D eigenvalue weighted by atomic mass is 19.1. The molecule has 3 N–H and O–H groups in total. The SMILES string of the molecule is CCNc1ccc(Nc2nccc(Oc3ccc4[nH]c(C)cc4c3F)n2)cc1. The fourth-order valence-corrected chi connectivity index (χ4v) is 2.94. The van der Waals surface area contributed by atoms with Gasteiger partial charge in [-0.15, -0.1) is 0 Å². The van der Waals surface area contributed by atoms with E-state index < -0.39 is 5.82 Å². The van der Waals surface area contributed by atoms with Crippen LogP contribution in [-0.2, 0) is 0 Å². The van der Waals surface area contributed by atoms with Crippen molar-refractivity contribution >= 4 is 28.2 Å². The molecular formula is C21H20FN5O. The molecule has 7 heteroatoms. The quantitative estimate of drug-likeness (QED) is 0.421. The Morgan fingerprint density at radius 3 is 2.64 bits per heavy atom. The van der Waals surface area contributed by atoms with Crippen LogP contribution in [0.4, 0.5) is 21.7 Å². The van der Waals surface area contributed by atoms with Gasteiger partial charge in [-0.05, 0) is 56.3 Å². The second kappa shape index (κ2) is 7.56. The van der Waals surface area contributed by atoms with E-state index in [1.54, 1.807) is 30.5 Å². The topological polar surface area (TPSA) is 74.9 Å². The van der Waals surface area contributed by atoms with Crippen molar-refractivity contribution < 1.29 is 9.13 Å². The number of anilines is 3. The Labute approximate surface area is 161 Å². The smallest absolute Gasteiger partial charge is 0.230 e. The first-order valence-electron chi connectivity index (χ1n) is 9.02. The first-order valence-corrected chi connectivity index (χ1v) is 9.02. The average Bonchev–Trinajstić information content (AvgIpc) is 3.08. The average molecular weight is 377 g/mol. The summed E-state index contributed by atoms with van der Waals surface area (Å²) in [6.45, 7) is 4.79. The van der Waals surface area contributed by atoms with E-state index in [4.69, 9.17) is 4.74 Å². The zero-order valence-electron chi connectivity index (χ0n) is 15.6. The molecule has 0 aliphatic carbocycles. The zero-order chi connectivity index (χ0) is 19.5. The number of ether oxygens (including phenoxy) is 1. The van der Waals surface area contributed by atoms with Crippen LogP contribution in [0.25, 0.3) is 10.9 Å². The molecule has 0 saturated heterocycles. The molecule has 0 spiro atoms. The molecule has 0 amide bonds. The third kappa shape index (κ3) is 3.73. The summed E-state index contributed by atoms with van der Waals surface area (Å²) in [5.41, 5.74) is 3.50. The van der Waals surface area contributed by atoms with E-state index in [1.165, 1.54) is 0 Å². The van der Waals surface area contributed by atoms with Gasteiger partial charge in [0.15, 0.2) is 11.6 Å². The van der Waals surface area contributed by atoms with Crippen LogP contribution in [0.1, 0.15) is 12.6 Å². The van der Waals surface area contributed by atoms with Gasteiger partial charge in [0.05, 0.1) is 0 Å². The lowest BCUT2D eigenvalue weighted by Crippen LogP contribution is -2.00. The predicted molar refractivity (Wildman–Crippen MR) is 109 cm³/mol. The molecular weight excluding hydrogens is 357 g/mol. The number of aromatic nitrogens is 3. The lowest BCUT2D eigenvalue weighted by molar-refractivity contribution is 0.430. The highest BCUT2D eigenvalue weighted by Gasteiger charge is 2.12. The molecule has 0 bridgehead atoms. The molecule has 2 heterocycles. The van der Waals surface area contributed by atoms with Crippen LogP contribution in [0.5, 0.6) is 11.6 Å². The number of aromatic amines is 1. The molecule has 0 atom stereocenters. The first-order chi connectivity index (χ1) is 13.6. The van der Waals surface area contributed by atoms with Crippen LogP contribution in [0.15, 0.2) is 54.7 Å². The minimum absolute atomic E-state index is 0.117. The van der Waals surface area contributed by atoms with Crippen molar-refractivity contribution in [2.45, 2.75) is 13.8 Å². The van der Waals surface area contributed by atoms with Crippen molar-refractivity contribution in [1.29, 1.82) is 0 Å². The Morgan fingerprint density at radius 2 is 1.86 bits per heavy atom. The molecule has 0 aliphatic heterocycles. The van der Waals surface area contributed by atoms with Crippen LogP contribution in [0.3, 0.4) is 0 Å². The molecule has 0 unspecified atom stereocenters. The van der Waals surface area contributed by atoms with Gasteiger partial charge in [-0.3, -0.25) is 0 Å². The fourth-order valence-electron chi connectivity index (χ4n) is 2.94. The van der Waals surface area contributed by atoms with Crippen LogP contribution in [-0.4, -0.2) is 21.5 Å². The van der Waals surface area contributed by atoms with Crippen molar-refractivity contribution in [3.05, 3.63) is 66.2 Å². The number of hydrogen-bond acceptors (Lipinski definition) is 5. The molecule has 0 fully saturated rings. The number of rotatable bonds is 6. The van der Waals surface area contributed by atoms with Gasteiger partial charge in [0.1, 0.15) is 0 Å². The standard InChI is InChI=1S/C21H20FN5O/c1-3-23-14-4-6-15(7-5-14)26-21-24-11-10-19(27-21)28-18-9-8-17-16(20(18)22)12-13(2)25-17/h4-12,23,25H,3H2,1-2H3,(H,24,26,27). The summed E-state index contributed by atoms with van der Waals surface area (Å²) in [6.07, 6.45) is 1.56. The minimum Gasteiger partial charge on any atom is -0.436 e. The minimum atomic E-state index is -0.422. The van der Waals surface area contributed by atoms with E-state index in [-0.39, 0.29) is 11.6 Å². The highest BCUT2D eigenvalue weighted by molar-refractivity contribution is 5.82. The van der Waals surface area contributed by atoms with Gasteiger partial charge in [0.25, 0.3) is 0 Å². The number of fused-ring (bicyclic) bond motifs is 1. The van der Waals surface area contributed by atoms with Gasteiger partial charge in [-0.25, -0.2) is 9.37 Å². The molecule has 4 aromatic rings. The third-order valence-corrected chi connectivity index (χ3v) is 4.20. The summed E-state index contributed by atoms with van der Waals surface area (Å²) in [4.78, 5) is 11.6. The Balaban J connectivity index is 1.53. The predicted octanol–water partition coefficient (Wildman–Crippen LogP) is 5.37. The van der Waals surface area contributed by atoms with Gasteiger partial charge in [0, 0.05) is 46.8 Å². The van der Waals surface area contributed by atoms with Crippen molar-refractivity contribution in [2.24, 2.45) is 0 Å². The van der Waals surface area contributed by atoms with Gasteiger partial charge < -0.3 is 20.4 Å². The Hall–Kier alpha value is -3.61. The molecule has 0 radical (unpaired) electrons. The second-order valence-electron chi connectivity index (χ2n) is 6.34. The number of nitrogens with one attached hydrogen (secondary N) is 3. The van der Waals surface area contributed by atoms with E-state index in [0.29, 0.717) is 11.3 Å².